The Balaban J connectivity index is 1.26. The number of nitrogens with two attached hydrogens (primary N) is 1. The quantitative estimate of drug-likeness (QED) is 0.131. The van der Waals surface area contributed by atoms with Crippen molar-refractivity contribution in [2.45, 2.75) is 12.5 Å². The van der Waals surface area contributed by atoms with E-state index in [1.165, 1.54) is 12.1 Å². The number of methoxy groups -OCH3 is 1. The van der Waals surface area contributed by atoms with Gasteiger partial charge in [-0.1, -0.05) is 36.4 Å². The summed E-state index contributed by atoms with van der Waals surface area (Å²) >= 11 is 0. The van der Waals surface area contributed by atoms with Gasteiger partial charge in [-0.2, -0.15) is 5.26 Å². The second-order valence-corrected chi connectivity index (χ2v) is 9.78. The lowest BCUT2D eigenvalue weighted by Gasteiger charge is -2.16. The normalized spacial score (nSPS) is 11.7. The predicted molar refractivity (Wildman–Crippen MR) is 161 cm³/mol. The zero-order valence-electron chi connectivity index (χ0n) is 22.5. The van der Waals surface area contributed by atoms with E-state index in [1.807, 2.05) is 54.6 Å². The minimum absolute atomic E-state index is 0.0420. The van der Waals surface area contributed by atoms with Crippen LogP contribution in [0.5, 0.6) is 11.5 Å². The van der Waals surface area contributed by atoms with Gasteiger partial charge in [0.05, 0.1) is 30.4 Å². The van der Waals surface area contributed by atoms with E-state index in [9.17, 15) is 20.3 Å². The minimum atomic E-state index is -0.832. The average Bonchev–Trinajstić information content (AvgIpc) is 3.00. The maximum Gasteiger partial charge on any atom is 0.248 e. The molecule has 41 heavy (non-hydrogen) atoms. The number of H-pyrrole nitrogens is 1. The molecule has 0 aliphatic heterocycles. The maximum absolute atomic E-state index is 11.6. The van der Waals surface area contributed by atoms with Crippen LogP contribution in [0, 0.1) is 11.3 Å². The lowest BCUT2D eigenvalue weighted by molar-refractivity contribution is 0.176. The van der Waals surface area contributed by atoms with Gasteiger partial charge < -0.3 is 31.0 Å². The molecule has 0 unspecified atom stereocenters. The Kier molecular flexibility index (Phi) is 8.01. The molecular formula is C33H30N4O4. The van der Waals surface area contributed by atoms with Crippen LogP contribution in [0.3, 0.4) is 0 Å². The molecule has 1 aromatic heterocycles. The molecule has 0 saturated carbocycles. The van der Waals surface area contributed by atoms with Crippen molar-refractivity contribution in [3.63, 3.8) is 0 Å². The molecule has 0 aliphatic carbocycles. The maximum atomic E-state index is 11.6. The number of nitriles is 1. The SMILES string of the molecule is COc1ccc(-c2ccc(CCNC[C@H](O)c3ccc(O)c4[nH]c(=O)ccc34)c(N)c2)cc1-c1cccc(C#N)c1. The number of rotatable bonds is 9. The van der Waals surface area contributed by atoms with Gasteiger partial charge in [0.1, 0.15) is 11.5 Å². The molecule has 0 radical (unpaired) electrons. The number of aliphatic hydroxyl groups excluding tert-OH is 1. The molecule has 1 atom stereocenters. The minimum Gasteiger partial charge on any atom is -0.506 e. The van der Waals surface area contributed by atoms with E-state index in [0.717, 1.165) is 33.6 Å². The molecule has 1 heterocycles. The molecule has 4 aromatic carbocycles. The topological polar surface area (TPSA) is 144 Å². The molecular weight excluding hydrogens is 516 g/mol. The molecule has 5 aromatic rings. The third-order valence-corrected chi connectivity index (χ3v) is 7.16. The zero-order chi connectivity index (χ0) is 28.9. The highest BCUT2D eigenvalue weighted by atomic mass is 16.5. The number of pyridine rings is 1. The van der Waals surface area contributed by atoms with Gasteiger partial charge in [0.25, 0.3) is 0 Å². The van der Waals surface area contributed by atoms with Crippen molar-refractivity contribution in [1.29, 1.82) is 5.26 Å². The number of aliphatic hydroxyl groups is 1. The number of fused-ring (bicyclic) bond motifs is 1. The number of phenols is 1. The number of aromatic nitrogens is 1. The van der Waals surface area contributed by atoms with Crippen LogP contribution < -0.4 is 21.3 Å². The van der Waals surface area contributed by atoms with E-state index in [0.29, 0.717) is 47.2 Å². The number of aromatic hydroxyl groups is 1. The summed E-state index contributed by atoms with van der Waals surface area (Å²) in [6.45, 7) is 0.883. The molecule has 6 N–H and O–H groups in total. The number of phenolic OH excluding ortho intramolecular Hbond substituents is 1. The van der Waals surface area contributed by atoms with Crippen molar-refractivity contribution in [2.24, 2.45) is 0 Å². The van der Waals surface area contributed by atoms with Crippen LogP contribution in [0.4, 0.5) is 5.69 Å². The summed E-state index contributed by atoms with van der Waals surface area (Å²) in [5, 5.41) is 34.0. The first-order valence-electron chi connectivity index (χ1n) is 13.2. The highest BCUT2D eigenvalue weighted by Gasteiger charge is 2.14. The Bertz CT molecular complexity index is 1820. The average molecular weight is 547 g/mol. The number of benzene rings is 4. The highest BCUT2D eigenvalue weighted by Crippen LogP contribution is 2.35. The van der Waals surface area contributed by atoms with Crippen molar-refractivity contribution in [2.75, 3.05) is 25.9 Å². The summed E-state index contributed by atoms with van der Waals surface area (Å²) in [5.41, 5.74) is 13.0. The lowest BCUT2D eigenvalue weighted by Crippen LogP contribution is -2.24. The van der Waals surface area contributed by atoms with Gasteiger partial charge >= 0.3 is 0 Å². The Morgan fingerprint density at radius 3 is 2.59 bits per heavy atom. The van der Waals surface area contributed by atoms with Crippen LogP contribution >= 0.6 is 0 Å². The van der Waals surface area contributed by atoms with E-state index >= 15 is 0 Å². The van der Waals surface area contributed by atoms with Crippen LogP contribution in [0.15, 0.2) is 89.7 Å². The van der Waals surface area contributed by atoms with Crippen LogP contribution in [0.2, 0.25) is 0 Å². The molecule has 206 valence electrons. The molecule has 0 spiro atoms. The van der Waals surface area contributed by atoms with E-state index in [4.69, 9.17) is 10.5 Å². The summed E-state index contributed by atoms with van der Waals surface area (Å²) < 4.78 is 5.58. The Morgan fingerprint density at radius 1 is 1.00 bits per heavy atom. The summed E-state index contributed by atoms with van der Waals surface area (Å²) in [7, 11) is 1.63. The van der Waals surface area contributed by atoms with Crippen molar-refractivity contribution in [3.05, 3.63) is 112 Å². The number of nitrogen functional groups attached to an aromatic ring is 1. The van der Waals surface area contributed by atoms with E-state index in [1.54, 1.807) is 25.3 Å². The third kappa shape index (κ3) is 5.92. The van der Waals surface area contributed by atoms with Gasteiger partial charge in [-0.05, 0) is 83.2 Å². The predicted octanol–water partition coefficient (Wildman–Crippen LogP) is 4.90. The first-order valence-corrected chi connectivity index (χ1v) is 13.2. The fourth-order valence-electron chi connectivity index (χ4n) is 4.99. The van der Waals surface area contributed by atoms with Gasteiger partial charge in [0.2, 0.25) is 5.56 Å². The summed E-state index contributed by atoms with van der Waals surface area (Å²) in [6, 6.07) is 27.6. The van der Waals surface area contributed by atoms with Crippen molar-refractivity contribution >= 4 is 16.6 Å². The molecule has 8 heteroatoms. The van der Waals surface area contributed by atoms with Gasteiger partial charge in [-0.25, -0.2) is 0 Å². The van der Waals surface area contributed by atoms with E-state index < -0.39 is 6.10 Å². The molecule has 0 fully saturated rings. The Morgan fingerprint density at radius 2 is 1.80 bits per heavy atom. The highest BCUT2D eigenvalue weighted by molar-refractivity contribution is 5.87. The zero-order valence-corrected chi connectivity index (χ0v) is 22.5. The monoisotopic (exact) mass is 546 g/mol. The number of hydrogen-bond donors (Lipinski definition) is 5. The van der Waals surface area contributed by atoms with Crippen molar-refractivity contribution < 1.29 is 14.9 Å². The van der Waals surface area contributed by atoms with Crippen molar-refractivity contribution in [1.82, 2.24) is 10.3 Å². The molecule has 5 rings (SSSR count). The fraction of sp³-hybridized carbons (Fsp3) is 0.152. The number of nitrogens with zero attached hydrogens (tertiary/aromatic N) is 1. The Labute approximate surface area is 237 Å². The molecule has 8 nitrogen and oxygen atoms in total. The van der Waals surface area contributed by atoms with Gasteiger partial charge in [-0.3, -0.25) is 4.79 Å². The summed E-state index contributed by atoms with van der Waals surface area (Å²) in [4.78, 5) is 14.3. The van der Waals surface area contributed by atoms with E-state index in [-0.39, 0.29) is 11.3 Å². The molecule has 0 amide bonds. The third-order valence-electron chi connectivity index (χ3n) is 7.16. The number of nitrogens with one attached hydrogen (secondary N) is 2. The van der Waals surface area contributed by atoms with Crippen LogP contribution in [0.25, 0.3) is 33.2 Å². The van der Waals surface area contributed by atoms with E-state index in [2.05, 4.69) is 16.4 Å². The standard InChI is InChI=1S/C33H30N4O4/c1-41-31-11-7-22(16-27(31)24-4-2-3-20(15-24)18-34)23-6-5-21(28(35)17-23)13-14-36-19-30(39)25-8-10-29(38)33-26(25)9-12-32(40)37-33/h2-12,15-17,30,36,38-39H,13-14,19,35H2,1H3,(H,37,40)/t30-/m0/s1. The second kappa shape index (κ2) is 12.0. The molecule has 0 saturated heterocycles. The smallest absolute Gasteiger partial charge is 0.248 e. The number of aromatic amines is 1. The molecule has 0 aliphatic rings. The lowest BCUT2D eigenvalue weighted by atomic mass is 9.96. The second-order valence-electron chi connectivity index (χ2n) is 9.78. The first kappa shape index (κ1) is 27.5. The number of anilines is 1. The largest absolute Gasteiger partial charge is 0.506 e. The van der Waals surface area contributed by atoms with Crippen LogP contribution in [-0.4, -0.2) is 35.4 Å². The van der Waals surface area contributed by atoms with Crippen LogP contribution in [0.1, 0.15) is 22.8 Å². The van der Waals surface area contributed by atoms with Gasteiger partial charge in [-0.15, -0.1) is 0 Å². The number of ether oxygens (including phenoxy) is 1. The fourth-order valence-corrected chi connectivity index (χ4v) is 4.99. The Hall–Kier alpha value is -5.10. The summed E-state index contributed by atoms with van der Waals surface area (Å²) in [6.07, 6.45) is -0.168. The summed E-state index contributed by atoms with van der Waals surface area (Å²) in [5.74, 6) is 0.676. The molecule has 0 bridgehead atoms. The number of hydrogen-bond acceptors (Lipinski definition) is 7. The van der Waals surface area contributed by atoms with Crippen molar-refractivity contribution in [3.8, 4) is 39.8 Å². The van der Waals surface area contributed by atoms with Gasteiger partial charge in [0.15, 0.2) is 0 Å². The van der Waals surface area contributed by atoms with Crippen LogP contribution in [-0.2, 0) is 6.42 Å². The van der Waals surface area contributed by atoms with Gasteiger partial charge in [0, 0.05) is 29.2 Å². The first-order chi connectivity index (χ1) is 19.9.